The lowest BCUT2D eigenvalue weighted by molar-refractivity contribution is 0.673. The molecular formula is C34H26OS. The van der Waals surface area contributed by atoms with Crippen molar-refractivity contribution in [3.63, 3.8) is 0 Å². The highest BCUT2D eigenvalue weighted by atomic mass is 32.2. The van der Waals surface area contributed by atoms with E-state index in [9.17, 15) is 0 Å². The molecule has 0 saturated heterocycles. The monoisotopic (exact) mass is 482 g/mol. The SMILES string of the molecule is O=S(C(c1ccccc1)c1cccc2ccccc12)C(c1ccccc1)c1cccc2ccccc12. The average molecular weight is 483 g/mol. The van der Waals surface area contributed by atoms with Crippen molar-refractivity contribution in [2.45, 2.75) is 10.5 Å². The Hall–Kier alpha value is -4.01. The van der Waals surface area contributed by atoms with Crippen LogP contribution >= 0.6 is 0 Å². The van der Waals surface area contributed by atoms with Crippen LogP contribution in [0.1, 0.15) is 32.8 Å². The summed E-state index contributed by atoms with van der Waals surface area (Å²) in [6, 6.07) is 50.1. The molecule has 0 aliphatic heterocycles. The van der Waals surface area contributed by atoms with Crippen molar-refractivity contribution in [1.29, 1.82) is 0 Å². The van der Waals surface area contributed by atoms with Crippen molar-refractivity contribution < 1.29 is 4.21 Å². The van der Waals surface area contributed by atoms with E-state index in [1.54, 1.807) is 0 Å². The Bertz CT molecular complexity index is 1520. The Morgan fingerprint density at radius 2 is 0.750 bits per heavy atom. The van der Waals surface area contributed by atoms with Gasteiger partial charge in [-0.1, -0.05) is 146 Å². The maximum absolute atomic E-state index is 15.0. The Balaban J connectivity index is 1.61. The summed E-state index contributed by atoms with van der Waals surface area (Å²) in [5, 5.41) is 4.03. The number of hydrogen-bond donors (Lipinski definition) is 0. The van der Waals surface area contributed by atoms with Gasteiger partial charge in [0.1, 0.15) is 0 Å². The van der Waals surface area contributed by atoms with Gasteiger partial charge < -0.3 is 0 Å². The molecule has 0 radical (unpaired) electrons. The normalized spacial score (nSPS) is 13.9. The molecule has 1 nitrogen and oxygen atoms in total. The predicted molar refractivity (Wildman–Crippen MR) is 153 cm³/mol. The molecular weight excluding hydrogens is 456 g/mol. The summed E-state index contributed by atoms with van der Waals surface area (Å²) in [5.41, 5.74) is 4.32. The van der Waals surface area contributed by atoms with Crippen molar-refractivity contribution in [1.82, 2.24) is 0 Å². The fourth-order valence-electron chi connectivity index (χ4n) is 5.23. The van der Waals surface area contributed by atoms with Gasteiger partial charge in [-0.2, -0.15) is 0 Å². The number of rotatable bonds is 6. The van der Waals surface area contributed by atoms with Crippen LogP contribution in [0.4, 0.5) is 0 Å². The van der Waals surface area contributed by atoms with E-state index >= 15 is 4.21 Å². The first-order chi connectivity index (χ1) is 17.8. The second-order valence-electron chi connectivity index (χ2n) is 9.05. The van der Waals surface area contributed by atoms with E-state index < -0.39 is 10.8 Å². The van der Waals surface area contributed by atoms with E-state index in [4.69, 9.17) is 0 Å². The van der Waals surface area contributed by atoms with E-state index in [0.29, 0.717) is 0 Å². The summed E-state index contributed by atoms with van der Waals surface area (Å²) in [6.07, 6.45) is 0. The van der Waals surface area contributed by atoms with Gasteiger partial charge in [-0.3, -0.25) is 4.21 Å². The van der Waals surface area contributed by atoms with E-state index in [0.717, 1.165) is 43.8 Å². The molecule has 2 unspecified atom stereocenters. The maximum Gasteiger partial charge on any atom is 0.0862 e. The molecule has 0 N–H and O–H groups in total. The van der Waals surface area contributed by atoms with Crippen LogP contribution in [0.25, 0.3) is 21.5 Å². The van der Waals surface area contributed by atoms with Gasteiger partial charge in [-0.25, -0.2) is 0 Å². The Labute approximate surface area is 214 Å². The van der Waals surface area contributed by atoms with Gasteiger partial charge in [-0.05, 0) is 43.8 Å². The van der Waals surface area contributed by atoms with Crippen LogP contribution in [0.2, 0.25) is 0 Å². The van der Waals surface area contributed by atoms with Crippen molar-refractivity contribution in [3.8, 4) is 0 Å². The minimum Gasteiger partial charge on any atom is -0.258 e. The molecule has 0 aliphatic carbocycles. The number of benzene rings is 6. The molecule has 6 rings (SSSR count). The van der Waals surface area contributed by atoms with Crippen molar-refractivity contribution in [2.75, 3.05) is 0 Å². The molecule has 6 aromatic carbocycles. The smallest absolute Gasteiger partial charge is 0.0862 e. The third-order valence-corrected chi connectivity index (χ3v) is 8.86. The van der Waals surface area contributed by atoms with Crippen LogP contribution in [0, 0.1) is 0 Å². The first-order valence-electron chi connectivity index (χ1n) is 12.3. The number of fused-ring (bicyclic) bond motifs is 2. The lowest BCUT2D eigenvalue weighted by Gasteiger charge is -2.27. The summed E-state index contributed by atoms with van der Waals surface area (Å²) in [6.45, 7) is 0. The van der Waals surface area contributed by atoms with Crippen LogP contribution in [0.5, 0.6) is 0 Å². The molecule has 0 bridgehead atoms. The number of hydrogen-bond acceptors (Lipinski definition) is 1. The second-order valence-corrected chi connectivity index (χ2v) is 10.6. The zero-order valence-corrected chi connectivity index (χ0v) is 20.6. The topological polar surface area (TPSA) is 17.1 Å². The van der Waals surface area contributed by atoms with Crippen LogP contribution in [-0.4, -0.2) is 4.21 Å². The van der Waals surface area contributed by atoms with Crippen molar-refractivity contribution in [2.24, 2.45) is 0 Å². The molecule has 0 fully saturated rings. The van der Waals surface area contributed by atoms with Crippen molar-refractivity contribution in [3.05, 3.63) is 168 Å². The molecule has 0 saturated carbocycles. The summed E-state index contributed by atoms with van der Waals surface area (Å²) in [4.78, 5) is 0. The lowest BCUT2D eigenvalue weighted by atomic mass is 9.97. The summed E-state index contributed by atoms with van der Waals surface area (Å²) >= 11 is 0. The third kappa shape index (κ3) is 4.14. The molecule has 2 heteroatoms. The molecule has 0 spiro atoms. The first-order valence-corrected chi connectivity index (χ1v) is 13.5. The summed E-state index contributed by atoms with van der Waals surface area (Å²) in [7, 11) is -1.31. The van der Waals surface area contributed by atoms with Gasteiger partial charge in [0.25, 0.3) is 0 Å². The highest BCUT2D eigenvalue weighted by Crippen LogP contribution is 2.43. The zero-order chi connectivity index (χ0) is 24.3. The van der Waals surface area contributed by atoms with Crippen LogP contribution in [-0.2, 0) is 10.8 Å². The molecule has 0 aromatic heterocycles. The largest absolute Gasteiger partial charge is 0.258 e. The fourth-order valence-corrected chi connectivity index (χ4v) is 7.26. The quantitative estimate of drug-likeness (QED) is 0.232. The molecule has 36 heavy (non-hydrogen) atoms. The molecule has 6 aromatic rings. The van der Waals surface area contributed by atoms with Gasteiger partial charge in [0, 0.05) is 10.8 Å². The Kier molecular flexibility index (Phi) is 6.19. The zero-order valence-electron chi connectivity index (χ0n) is 19.8. The Morgan fingerprint density at radius 1 is 0.389 bits per heavy atom. The van der Waals surface area contributed by atoms with E-state index in [1.165, 1.54) is 0 Å². The van der Waals surface area contributed by atoms with Gasteiger partial charge >= 0.3 is 0 Å². The highest BCUT2D eigenvalue weighted by Gasteiger charge is 2.32. The lowest BCUT2D eigenvalue weighted by Crippen LogP contribution is -2.18. The minimum atomic E-state index is -1.31. The molecule has 0 heterocycles. The Morgan fingerprint density at radius 3 is 1.19 bits per heavy atom. The standard InChI is InChI=1S/C34H26OS/c35-36(33(27-15-3-1-4-16-27)31-23-11-19-25-13-7-9-21-29(25)31)34(28-17-5-2-6-18-28)32-24-12-20-26-14-8-10-22-30(26)32/h1-24,33-34H. The van der Waals surface area contributed by atoms with Crippen LogP contribution < -0.4 is 0 Å². The second kappa shape index (κ2) is 9.93. The molecule has 0 amide bonds. The van der Waals surface area contributed by atoms with Crippen LogP contribution in [0.3, 0.4) is 0 Å². The van der Waals surface area contributed by atoms with Crippen molar-refractivity contribution >= 4 is 32.3 Å². The van der Waals surface area contributed by atoms with E-state index in [2.05, 4.69) is 109 Å². The average Bonchev–Trinajstić information content (AvgIpc) is 2.95. The summed E-state index contributed by atoms with van der Waals surface area (Å²) < 4.78 is 15.0. The molecule has 0 aliphatic rings. The van der Waals surface area contributed by atoms with E-state index in [1.807, 2.05) is 36.4 Å². The maximum atomic E-state index is 15.0. The first kappa shape index (κ1) is 22.5. The van der Waals surface area contributed by atoms with Crippen LogP contribution in [0.15, 0.2) is 146 Å². The van der Waals surface area contributed by atoms with Gasteiger partial charge in [0.2, 0.25) is 0 Å². The van der Waals surface area contributed by atoms with Gasteiger partial charge in [0.15, 0.2) is 0 Å². The predicted octanol–water partition coefficient (Wildman–Crippen LogP) is 8.62. The molecule has 174 valence electrons. The van der Waals surface area contributed by atoms with Gasteiger partial charge in [-0.15, -0.1) is 0 Å². The fraction of sp³-hybridized carbons (Fsp3) is 0.0588. The van der Waals surface area contributed by atoms with E-state index in [-0.39, 0.29) is 10.5 Å². The summed E-state index contributed by atoms with van der Waals surface area (Å²) in [5.74, 6) is 0. The highest BCUT2D eigenvalue weighted by molar-refractivity contribution is 7.86. The molecule has 2 atom stereocenters. The van der Waals surface area contributed by atoms with Gasteiger partial charge in [0.05, 0.1) is 10.5 Å². The minimum absolute atomic E-state index is 0.290. The third-order valence-electron chi connectivity index (χ3n) is 6.88.